The number of hydrogen-bond acceptors (Lipinski definition) is 10. The minimum atomic E-state index is -0.932. The number of carbonyl (C=O) groups excluding carboxylic acids is 2. The molecule has 52 heavy (non-hydrogen) atoms. The van der Waals surface area contributed by atoms with E-state index in [2.05, 4.69) is 6.58 Å². The number of rotatable bonds is 11. The molecule has 3 aromatic carbocycles. The van der Waals surface area contributed by atoms with Crippen molar-refractivity contribution < 1.29 is 28.5 Å². The molecule has 0 saturated carbocycles. The van der Waals surface area contributed by atoms with Gasteiger partial charge in [-0.15, -0.1) is 0 Å². The molecule has 6 rings (SSSR count). The molecule has 1 atom stereocenters. The molecular formula is C40H38N4O7S. The van der Waals surface area contributed by atoms with Crippen molar-refractivity contribution in [2.24, 2.45) is 4.99 Å². The number of thiazole rings is 1. The Hall–Kier alpha value is -6.01. The lowest BCUT2D eigenvalue weighted by Crippen LogP contribution is -2.40. The highest BCUT2D eigenvalue weighted by Crippen LogP contribution is 2.36. The van der Waals surface area contributed by atoms with Gasteiger partial charge in [0.25, 0.3) is 5.56 Å². The number of benzene rings is 3. The fourth-order valence-electron chi connectivity index (χ4n) is 5.96. The zero-order valence-electron chi connectivity index (χ0n) is 29.7. The lowest BCUT2D eigenvalue weighted by molar-refractivity contribution is -0.138. The van der Waals surface area contributed by atoms with Gasteiger partial charge in [-0.25, -0.2) is 14.5 Å². The van der Waals surface area contributed by atoms with Crippen LogP contribution >= 0.6 is 11.3 Å². The van der Waals surface area contributed by atoms with Gasteiger partial charge in [-0.3, -0.25) is 14.2 Å². The van der Waals surface area contributed by atoms with Gasteiger partial charge in [-0.05, 0) is 87.4 Å². The van der Waals surface area contributed by atoms with Crippen molar-refractivity contribution in [1.82, 2.24) is 14.3 Å². The molecule has 1 aliphatic rings. The third-order valence-electron chi connectivity index (χ3n) is 8.19. The number of esters is 2. The standard InChI is InChI=1S/C40H38N4O7S/c1-8-18-49-39(47)35-25(5)41-40-44(37(35)28-15-17-32(51-26(6)45)33(20-28)48-7)38(46)34(52-40)21-29-22-43(30-12-10-9-11-13-30)42-36(29)27-14-16-31(24(4)19-27)50-23(2)3/h8-17,19-23,37H,1,18H2,2-7H3/b34-21-. The molecule has 11 nitrogen and oxygen atoms in total. The van der Waals surface area contributed by atoms with Crippen molar-refractivity contribution in [2.75, 3.05) is 13.7 Å². The molecule has 0 fully saturated rings. The predicted molar refractivity (Wildman–Crippen MR) is 199 cm³/mol. The maximum absolute atomic E-state index is 14.5. The molecule has 0 aliphatic carbocycles. The summed E-state index contributed by atoms with van der Waals surface area (Å²) in [4.78, 5) is 44.9. The molecule has 5 aromatic rings. The SMILES string of the molecule is C=CCOC(=O)C1=C(C)N=c2s/c(=C\c3cn(-c4ccccc4)nc3-c3ccc(OC(C)C)c(C)c3)c(=O)n2C1c1ccc(OC(C)=O)c(OC)c1. The quantitative estimate of drug-likeness (QED) is 0.0948. The van der Waals surface area contributed by atoms with E-state index in [1.165, 1.54) is 36.0 Å². The number of nitrogens with zero attached hydrogens (tertiary/aromatic N) is 4. The van der Waals surface area contributed by atoms with E-state index < -0.39 is 18.0 Å². The average molecular weight is 719 g/mol. The van der Waals surface area contributed by atoms with Crippen molar-refractivity contribution in [3.63, 3.8) is 0 Å². The molecular weight excluding hydrogens is 681 g/mol. The normalized spacial score (nSPS) is 14.1. The molecule has 2 aromatic heterocycles. The van der Waals surface area contributed by atoms with E-state index in [0.29, 0.717) is 31.9 Å². The number of allylic oxidation sites excluding steroid dienone is 1. The molecule has 1 unspecified atom stereocenters. The first-order valence-corrected chi connectivity index (χ1v) is 17.4. The first-order chi connectivity index (χ1) is 25.0. The predicted octanol–water partition coefficient (Wildman–Crippen LogP) is 5.85. The second kappa shape index (κ2) is 15.1. The summed E-state index contributed by atoms with van der Waals surface area (Å²) in [6.07, 6.45) is 5.17. The highest BCUT2D eigenvalue weighted by molar-refractivity contribution is 7.07. The van der Waals surface area contributed by atoms with Crippen LogP contribution in [0.25, 0.3) is 23.0 Å². The number of ether oxygens (including phenoxy) is 4. The molecule has 0 spiro atoms. The maximum atomic E-state index is 14.5. The summed E-state index contributed by atoms with van der Waals surface area (Å²) in [7, 11) is 1.44. The van der Waals surface area contributed by atoms with E-state index in [1.54, 1.807) is 35.9 Å². The van der Waals surface area contributed by atoms with Gasteiger partial charge in [0, 0.05) is 24.2 Å². The summed E-state index contributed by atoms with van der Waals surface area (Å²) < 4.78 is 26.0. The van der Waals surface area contributed by atoms with Crippen LogP contribution in [0.4, 0.5) is 0 Å². The van der Waals surface area contributed by atoms with Gasteiger partial charge < -0.3 is 18.9 Å². The zero-order valence-corrected chi connectivity index (χ0v) is 30.5. The summed E-state index contributed by atoms with van der Waals surface area (Å²) in [5.74, 6) is 0.0704. The van der Waals surface area contributed by atoms with Crippen LogP contribution < -0.4 is 29.1 Å². The van der Waals surface area contributed by atoms with Crippen LogP contribution in [0, 0.1) is 6.92 Å². The van der Waals surface area contributed by atoms with Gasteiger partial charge in [-0.1, -0.05) is 48.3 Å². The van der Waals surface area contributed by atoms with Gasteiger partial charge in [0.15, 0.2) is 16.3 Å². The Labute approximate surface area is 304 Å². The third kappa shape index (κ3) is 7.24. The lowest BCUT2D eigenvalue weighted by atomic mass is 9.95. The fraction of sp³-hybridized carbons (Fsp3) is 0.225. The Kier molecular flexibility index (Phi) is 10.4. The van der Waals surface area contributed by atoms with Crippen molar-refractivity contribution >= 4 is 29.4 Å². The van der Waals surface area contributed by atoms with E-state index >= 15 is 0 Å². The Bertz CT molecular complexity index is 2400. The van der Waals surface area contributed by atoms with Gasteiger partial charge >= 0.3 is 11.9 Å². The number of hydrogen-bond donors (Lipinski definition) is 0. The second-order valence-corrected chi connectivity index (χ2v) is 13.3. The average Bonchev–Trinajstić information content (AvgIpc) is 3.68. The minimum Gasteiger partial charge on any atom is -0.493 e. The van der Waals surface area contributed by atoms with Gasteiger partial charge in [-0.2, -0.15) is 5.10 Å². The van der Waals surface area contributed by atoms with Crippen LogP contribution in [-0.2, 0) is 14.3 Å². The summed E-state index contributed by atoms with van der Waals surface area (Å²) in [5, 5.41) is 4.97. The van der Waals surface area contributed by atoms with Crippen molar-refractivity contribution in [3.05, 3.63) is 133 Å². The van der Waals surface area contributed by atoms with Gasteiger partial charge in [0.1, 0.15) is 18.1 Å². The summed E-state index contributed by atoms with van der Waals surface area (Å²) in [6, 6.07) is 19.6. The van der Waals surface area contributed by atoms with Crippen molar-refractivity contribution in [2.45, 2.75) is 46.8 Å². The molecule has 0 saturated heterocycles. The minimum absolute atomic E-state index is 0.0215. The topological polar surface area (TPSA) is 123 Å². The summed E-state index contributed by atoms with van der Waals surface area (Å²) in [5.41, 5.74) is 4.76. The van der Waals surface area contributed by atoms with Crippen LogP contribution in [0.2, 0.25) is 0 Å². The number of aromatic nitrogens is 3. The van der Waals surface area contributed by atoms with Crippen LogP contribution in [-0.4, -0.2) is 46.1 Å². The first kappa shape index (κ1) is 35.8. The van der Waals surface area contributed by atoms with Crippen LogP contribution in [0.1, 0.15) is 50.4 Å². The summed E-state index contributed by atoms with van der Waals surface area (Å²) in [6.45, 7) is 12.6. The van der Waals surface area contributed by atoms with Gasteiger partial charge in [0.05, 0.1) is 40.7 Å². The molecule has 1 aliphatic heterocycles. The van der Waals surface area contributed by atoms with E-state index in [0.717, 1.165) is 22.6 Å². The van der Waals surface area contributed by atoms with Crippen LogP contribution in [0.5, 0.6) is 17.2 Å². The smallest absolute Gasteiger partial charge is 0.338 e. The number of carbonyl (C=O) groups is 2. The van der Waals surface area contributed by atoms with E-state index in [4.69, 9.17) is 29.0 Å². The lowest BCUT2D eigenvalue weighted by Gasteiger charge is -2.25. The molecule has 0 amide bonds. The Morgan fingerprint density at radius 2 is 1.77 bits per heavy atom. The van der Waals surface area contributed by atoms with Crippen LogP contribution in [0.3, 0.4) is 0 Å². The molecule has 0 N–H and O–H groups in total. The zero-order chi connectivity index (χ0) is 37.1. The number of methoxy groups -OCH3 is 1. The highest BCUT2D eigenvalue weighted by Gasteiger charge is 2.34. The van der Waals surface area contributed by atoms with Gasteiger partial charge in [0.2, 0.25) is 0 Å². The Balaban J connectivity index is 1.55. The van der Waals surface area contributed by atoms with E-state index in [9.17, 15) is 14.4 Å². The molecule has 266 valence electrons. The molecule has 12 heteroatoms. The molecule has 0 bridgehead atoms. The third-order valence-corrected chi connectivity index (χ3v) is 9.17. The second-order valence-electron chi connectivity index (χ2n) is 12.3. The van der Waals surface area contributed by atoms with Crippen LogP contribution in [0.15, 0.2) is 107 Å². The van der Waals surface area contributed by atoms with E-state index in [1.807, 2.05) is 75.5 Å². The largest absolute Gasteiger partial charge is 0.493 e. The molecule has 0 radical (unpaired) electrons. The number of fused-ring (bicyclic) bond motifs is 1. The van der Waals surface area contributed by atoms with E-state index in [-0.39, 0.29) is 35.3 Å². The number of aryl methyl sites for hydroxylation is 1. The monoisotopic (exact) mass is 718 g/mol. The molecule has 3 heterocycles. The first-order valence-electron chi connectivity index (χ1n) is 16.6. The number of para-hydroxylation sites is 1. The Morgan fingerprint density at radius 1 is 1.02 bits per heavy atom. The summed E-state index contributed by atoms with van der Waals surface area (Å²) >= 11 is 1.20. The fourth-order valence-corrected chi connectivity index (χ4v) is 7.00. The maximum Gasteiger partial charge on any atom is 0.338 e. The highest BCUT2D eigenvalue weighted by atomic mass is 32.1. The van der Waals surface area contributed by atoms with Crippen molar-refractivity contribution in [1.29, 1.82) is 0 Å². The van der Waals surface area contributed by atoms with Crippen molar-refractivity contribution in [3.8, 4) is 34.2 Å². The Morgan fingerprint density at radius 3 is 2.44 bits per heavy atom.